The van der Waals surface area contributed by atoms with Gasteiger partial charge in [-0.1, -0.05) is 48.9 Å². The van der Waals surface area contributed by atoms with Crippen LogP contribution in [-0.2, 0) is 34.3 Å². The molecule has 0 N–H and O–H groups in total. The maximum Gasteiger partial charge on any atom is 0.243 e. The number of rotatable bonds is 9. The Morgan fingerprint density at radius 1 is 0.938 bits per heavy atom. The molecule has 2 aromatic carbocycles. The number of carbonyl (C=O) groups excluding carboxylic acids is 1. The van der Waals surface area contributed by atoms with E-state index in [1.165, 1.54) is 36.9 Å². The SMILES string of the molecule is CCc1ccc(CN(Cc2cccnc2)C(=O)CN(C)S(=O)(=O)c2ccc(Cl)cc2)cc1. The van der Waals surface area contributed by atoms with Gasteiger partial charge in [0.05, 0.1) is 11.4 Å². The van der Waals surface area contributed by atoms with Crippen molar-refractivity contribution in [1.29, 1.82) is 0 Å². The monoisotopic (exact) mass is 471 g/mol. The van der Waals surface area contributed by atoms with Gasteiger partial charge in [-0.25, -0.2) is 8.42 Å². The number of nitrogens with zero attached hydrogens (tertiary/aromatic N) is 3. The highest BCUT2D eigenvalue weighted by Gasteiger charge is 2.25. The Morgan fingerprint density at radius 2 is 1.56 bits per heavy atom. The van der Waals surface area contributed by atoms with Gasteiger partial charge < -0.3 is 4.90 Å². The maximum atomic E-state index is 13.2. The lowest BCUT2D eigenvalue weighted by Crippen LogP contribution is -2.40. The van der Waals surface area contributed by atoms with Crippen molar-refractivity contribution in [1.82, 2.24) is 14.2 Å². The number of hydrogen-bond acceptors (Lipinski definition) is 4. The number of carbonyl (C=O) groups is 1. The van der Waals surface area contributed by atoms with E-state index in [9.17, 15) is 13.2 Å². The number of aromatic nitrogens is 1. The lowest BCUT2D eigenvalue weighted by Gasteiger charge is -2.26. The van der Waals surface area contributed by atoms with Crippen molar-refractivity contribution < 1.29 is 13.2 Å². The van der Waals surface area contributed by atoms with Crippen LogP contribution in [0.5, 0.6) is 0 Å². The molecule has 8 heteroatoms. The van der Waals surface area contributed by atoms with Crippen LogP contribution in [0.25, 0.3) is 0 Å². The van der Waals surface area contributed by atoms with E-state index >= 15 is 0 Å². The van der Waals surface area contributed by atoms with Crippen LogP contribution < -0.4 is 0 Å². The molecule has 1 aromatic heterocycles. The number of likely N-dealkylation sites (N-methyl/N-ethyl adjacent to an activating group) is 1. The Hall–Kier alpha value is -2.74. The van der Waals surface area contributed by atoms with Gasteiger partial charge in [0, 0.05) is 37.6 Å². The molecule has 0 fully saturated rings. The molecule has 0 aliphatic heterocycles. The van der Waals surface area contributed by atoms with Crippen LogP contribution in [0, 0.1) is 0 Å². The second-order valence-electron chi connectivity index (χ2n) is 7.50. The van der Waals surface area contributed by atoms with Crippen molar-refractivity contribution in [3.63, 3.8) is 0 Å². The molecule has 168 valence electrons. The van der Waals surface area contributed by atoms with E-state index in [2.05, 4.69) is 11.9 Å². The number of sulfonamides is 1. The van der Waals surface area contributed by atoms with E-state index in [1.54, 1.807) is 17.3 Å². The van der Waals surface area contributed by atoms with Crippen LogP contribution in [0.3, 0.4) is 0 Å². The molecular formula is C24H26ClN3O3S. The summed E-state index contributed by atoms with van der Waals surface area (Å²) in [5.74, 6) is -0.298. The average molecular weight is 472 g/mol. The smallest absolute Gasteiger partial charge is 0.243 e. The molecule has 1 amide bonds. The molecule has 0 aliphatic carbocycles. The molecular weight excluding hydrogens is 446 g/mol. The summed E-state index contributed by atoms with van der Waals surface area (Å²) in [5.41, 5.74) is 3.06. The van der Waals surface area contributed by atoms with Gasteiger partial charge in [-0.05, 0) is 53.4 Å². The highest BCUT2D eigenvalue weighted by Crippen LogP contribution is 2.18. The fourth-order valence-electron chi connectivity index (χ4n) is 3.21. The minimum atomic E-state index is -3.82. The topological polar surface area (TPSA) is 70.6 Å². The zero-order valence-electron chi connectivity index (χ0n) is 18.1. The van der Waals surface area contributed by atoms with Gasteiger partial charge in [0.2, 0.25) is 15.9 Å². The number of benzene rings is 2. The van der Waals surface area contributed by atoms with E-state index < -0.39 is 10.0 Å². The van der Waals surface area contributed by atoms with Crippen molar-refractivity contribution in [2.24, 2.45) is 0 Å². The third-order valence-corrected chi connectivity index (χ3v) is 7.20. The molecule has 3 aromatic rings. The van der Waals surface area contributed by atoms with Gasteiger partial charge in [0.1, 0.15) is 0 Å². The lowest BCUT2D eigenvalue weighted by atomic mass is 10.1. The first-order chi connectivity index (χ1) is 15.3. The second kappa shape index (κ2) is 10.7. The molecule has 0 unspecified atom stereocenters. The Balaban J connectivity index is 1.79. The number of halogens is 1. The van der Waals surface area contributed by atoms with Crippen LogP contribution in [0.2, 0.25) is 5.02 Å². The summed E-state index contributed by atoms with van der Waals surface area (Å²) < 4.78 is 26.8. The molecule has 1 heterocycles. The lowest BCUT2D eigenvalue weighted by molar-refractivity contribution is -0.132. The van der Waals surface area contributed by atoms with Gasteiger partial charge in [-0.2, -0.15) is 4.31 Å². The minimum Gasteiger partial charge on any atom is -0.333 e. The number of aryl methyl sites for hydroxylation is 1. The van der Waals surface area contributed by atoms with Gasteiger partial charge in [0.25, 0.3) is 0 Å². The largest absolute Gasteiger partial charge is 0.333 e. The number of amides is 1. The van der Waals surface area contributed by atoms with Crippen molar-refractivity contribution in [3.05, 3.63) is 94.8 Å². The van der Waals surface area contributed by atoms with Gasteiger partial charge in [0.15, 0.2) is 0 Å². The molecule has 6 nitrogen and oxygen atoms in total. The first kappa shape index (κ1) is 23.9. The molecule has 0 bridgehead atoms. The quantitative estimate of drug-likeness (QED) is 0.470. The summed E-state index contributed by atoms with van der Waals surface area (Å²) in [5, 5.41) is 0.444. The number of pyridine rings is 1. The van der Waals surface area contributed by atoms with Crippen LogP contribution >= 0.6 is 11.6 Å². The summed E-state index contributed by atoms with van der Waals surface area (Å²) in [6, 6.07) is 17.7. The van der Waals surface area contributed by atoms with Crippen LogP contribution in [-0.4, -0.2) is 42.1 Å². The summed E-state index contributed by atoms with van der Waals surface area (Å²) in [6.45, 7) is 2.51. The van der Waals surface area contributed by atoms with E-state index in [4.69, 9.17) is 11.6 Å². The van der Waals surface area contributed by atoms with E-state index in [-0.39, 0.29) is 17.3 Å². The third-order valence-electron chi connectivity index (χ3n) is 5.13. The maximum absolute atomic E-state index is 13.2. The fraction of sp³-hybridized carbons (Fsp3) is 0.250. The first-order valence-corrected chi connectivity index (χ1v) is 12.1. The third kappa shape index (κ3) is 6.16. The Morgan fingerprint density at radius 3 is 2.16 bits per heavy atom. The molecule has 0 aliphatic rings. The van der Waals surface area contributed by atoms with Gasteiger partial charge >= 0.3 is 0 Å². The van der Waals surface area contributed by atoms with Crippen molar-refractivity contribution >= 4 is 27.5 Å². The normalized spacial score (nSPS) is 11.5. The summed E-state index contributed by atoms with van der Waals surface area (Å²) >= 11 is 5.87. The van der Waals surface area contributed by atoms with E-state index in [1.807, 2.05) is 36.4 Å². The second-order valence-corrected chi connectivity index (χ2v) is 9.98. The molecule has 0 saturated carbocycles. The number of hydrogen-bond donors (Lipinski definition) is 0. The van der Waals surface area contributed by atoms with Crippen molar-refractivity contribution in [3.8, 4) is 0 Å². The molecule has 3 rings (SSSR count). The van der Waals surface area contributed by atoms with Gasteiger partial charge in [-0.15, -0.1) is 0 Å². The zero-order chi connectivity index (χ0) is 23.1. The van der Waals surface area contributed by atoms with Crippen molar-refractivity contribution in [2.75, 3.05) is 13.6 Å². The van der Waals surface area contributed by atoms with Crippen molar-refractivity contribution in [2.45, 2.75) is 31.3 Å². The Bertz CT molecular complexity index is 1140. The van der Waals surface area contributed by atoms with E-state index in [0.717, 1.165) is 21.9 Å². The highest BCUT2D eigenvalue weighted by molar-refractivity contribution is 7.89. The molecule has 0 atom stereocenters. The zero-order valence-corrected chi connectivity index (χ0v) is 19.7. The standard InChI is InChI=1S/C24H26ClN3O3S/c1-3-19-6-8-20(9-7-19)16-28(17-21-5-4-14-26-15-21)24(29)18-27(2)32(30,31)23-12-10-22(25)11-13-23/h4-15H,3,16-18H2,1-2H3. The van der Waals surface area contributed by atoms with Crippen LogP contribution in [0.15, 0.2) is 78.0 Å². The first-order valence-electron chi connectivity index (χ1n) is 10.3. The average Bonchev–Trinajstić information content (AvgIpc) is 2.80. The minimum absolute atomic E-state index is 0.0890. The summed E-state index contributed by atoms with van der Waals surface area (Å²) in [4.78, 5) is 19.0. The molecule has 0 spiro atoms. The fourth-order valence-corrected chi connectivity index (χ4v) is 4.45. The highest BCUT2D eigenvalue weighted by atomic mass is 35.5. The Kier molecular flexibility index (Phi) is 8.01. The molecule has 0 saturated heterocycles. The van der Waals surface area contributed by atoms with Crippen LogP contribution in [0.4, 0.5) is 0 Å². The summed E-state index contributed by atoms with van der Waals surface area (Å²) in [6.07, 6.45) is 4.31. The van der Waals surface area contributed by atoms with Crippen LogP contribution in [0.1, 0.15) is 23.6 Å². The molecule has 0 radical (unpaired) electrons. The Labute approximate surface area is 194 Å². The van der Waals surface area contributed by atoms with Gasteiger partial charge in [-0.3, -0.25) is 9.78 Å². The summed E-state index contributed by atoms with van der Waals surface area (Å²) in [7, 11) is -2.42. The predicted octanol–water partition coefficient (Wildman–Crippen LogP) is 4.15. The van der Waals surface area contributed by atoms with E-state index in [0.29, 0.717) is 18.1 Å². The molecule has 32 heavy (non-hydrogen) atoms. The predicted molar refractivity (Wildman–Crippen MR) is 126 cm³/mol.